The SMILES string of the molecule is O=C(O)c1ccc2c(NC3CCCOC3)ncnc2c1. The number of benzene rings is 1. The Labute approximate surface area is 115 Å². The van der Waals surface area contributed by atoms with Gasteiger partial charge in [0, 0.05) is 12.0 Å². The molecular weight excluding hydrogens is 258 g/mol. The topological polar surface area (TPSA) is 84.3 Å². The lowest BCUT2D eigenvalue weighted by Crippen LogP contribution is -2.30. The van der Waals surface area contributed by atoms with Gasteiger partial charge in [-0.15, -0.1) is 0 Å². The van der Waals surface area contributed by atoms with E-state index in [0.29, 0.717) is 12.1 Å². The van der Waals surface area contributed by atoms with Crippen molar-refractivity contribution in [2.75, 3.05) is 18.5 Å². The molecule has 0 amide bonds. The molecule has 1 aromatic heterocycles. The van der Waals surface area contributed by atoms with Crippen molar-refractivity contribution in [3.05, 3.63) is 30.1 Å². The van der Waals surface area contributed by atoms with E-state index in [1.165, 1.54) is 6.33 Å². The van der Waals surface area contributed by atoms with E-state index in [2.05, 4.69) is 15.3 Å². The van der Waals surface area contributed by atoms with Crippen LogP contribution in [0.5, 0.6) is 0 Å². The number of carbonyl (C=O) groups is 1. The van der Waals surface area contributed by atoms with Crippen molar-refractivity contribution in [1.29, 1.82) is 0 Å². The summed E-state index contributed by atoms with van der Waals surface area (Å²) >= 11 is 0. The number of nitrogens with one attached hydrogen (secondary N) is 1. The van der Waals surface area contributed by atoms with Gasteiger partial charge in [-0.1, -0.05) is 0 Å². The van der Waals surface area contributed by atoms with Gasteiger partial charge in [-0.25, -0.2) is 14.8 Å². The van der Waals surface area contributed by atoms with Crippen LogP contribution in [0.4, 0.5) is 5.82 Å². The van der Waals surface area contributed by atoms with Crippen LogP contribution in [0, 0.1) is 0 Å². The van der Waals surface area contributed by atoms with Crippen molar-refractivity contribution >= 4 is 22.7 Å². The Morgan fingerprint density at radius 1 is 1.40 bits per heavy atom. The van der Waals surface area contributed by atoms with E-state index in [1.807, 2.05) is 0 Å². The molecule has 104 valence electrons. The first-order valence-corrected chi connectivity index (χ1v) is 6.56. The second-order valence-electron chi connectivity index (χ2n) is 4.82. The minimum absolute atomic E-state index is 0.225. The molecule has 3 rings (SSSR count). The van der Waals surface area contributed by atoms with Crippen molar-refractivity contribution in [3.8, 4) is 0 Å². The Balaban J connectivity index is 1.92. The fraction of sp³-hybridized carbons (Fsp3) is 0.357. The van der Waals surface area contributed by atoms with Crippen LogP contribution in [0.2, 0.25) is 0 Å². The van der Waals surface area contributed by atoms with E-state index in [4.69, 9.17) is 9.84 Å². The summed E-state index contributed by atoms with van der Waals surface area (Å²) in [4.78, 5) is 19.4. The maximum Gasteiger partial charge on any atom is 0.335 e. The number of aromatic nitrogens is 2. The van der Waals surface area contributed by atoms with E-state index in [9.17, 15) is 4.79 Å². The van der Waals surface area contributed by atoms with Gasteiger partial charge in [-0.2, -0.15) is 0 Å². The molecule has 2 heterocycles. The predicted octanol–water partition coefficient (Wildman–Crippen LogP) is 1.92. The smallest absolute Gasteiger partial charge is 0.335 e. The maximum atomic E-state index is 11.0. The van der Waals surface area contributed by atoms with E-state index in [0.717, 1.165) is 30.7 Å². The van der Waals surface area contributed by atoms with Gasteiger partial charge in [0.25, 0.3) is 0 Å². The normalized spacial score (nSPS) is 18.9. The molecule has 2 N–H and O–H groups in total. The fourth-order valence-corrected chi connectivity index (χ4v) is 2.35. The first-order valence-electron chi connectivity index (χ1n) is 6.56. The lowest BCUT2D eigenvalue weighted by atomic mass is 10.1. The summed E-state index contributed by atoms with van der Waals surface area (Å²) in [5.41, 5.74) is 0.849. The van der Waals surface area contributed by atoms with Crippen LogP contribution in [0.3, 0.4) is 0 Å². The third kappa shape index (κ3) is 2.55. The highest BCUT2D eigenvalue weighted by Crippen LogP contribution is 2.22. The highest BCUT2D eigenvalue weighted by atomic mass is 16.5. The van der Waals surface area contributed by atoms with Crippen LogP contribution in [0.1, 0.15) is 23.2 Å². The Morgan fingerprint density at radius 3 is 3.05 bits per heavy atom. The zero-order valence-corrected chi connectivity index (χ0v) is 10.9. The predicted molar refractivity (Wildman–Crippen MR) is 74.0 cm³/mol. The standard InChI is InChI=1S/C14H15N3O3/c18-14(19)9-3-4-11-12(6-9)15-8-16-13(11)17-10-2-1-5-20-7-10/h3-4,6,8,10H,1-2,5,7H2,(H,18,19)(H,15,16,17). The van der Waals surface area contributed by atoms with E-state index in [1.54, 1.807) is 18.2 Å². The zero-order valence-electron chi connectivity index (χ0n) is 10.9. The second kappa shape index (κ2) is 5.42. The molecule has 1 aliphatic rings. The molecule has 2 aromatic rings. The molecule has 1 unspecified atom stereocenters. The molecule has 6 nitrogen and oxygen atoms in total. The summed E-state index contributed by atoms with van der Waals surface area (Å²) in [6.07, 6.45) is 3.52. The summed E-state index contributed by atoms with van der Waals surface area (Å²) in [6, 6.07) is 5.10. The monoisotopic (exact) mass is 273 g/mol. The summed E-state index contributed by atoms with van der Waals surface area (Å²) < 4.78 is 5.43. The van der Waals surface area contributed by atoms with Gasteiger partial charge in [0.15, 0.2) is 0 Å². The fourth-order valence-electron chi connectivity index (χ4n) is 2.35. The van der Waals surface area contributed by atoms with Crippen LogP contribution < -0.4 is 5.32 Å². The van der Waals surface area contributed by atoms with Gasteiger partial charge in [0.2, 0.25) is 0 Å². The van der Waals surface area contributed by atoms with Gasteiger partial charge in [-0.05, 0) is 31.0 Å². The molecule has 0 radical (unpaired) electrons. The highest BCUT2D eigenvalue weighted by Gasteiger charge is 2.16. The van der Waals surface area contributed by atoms with Crippen molar-refractivity contribution in [1.82, 2.24) is 9.97 Å². The Kier molecular flexibility index (Phi) is 3.47. The number of anilines is 1. The van der Waals surface area contributed by atoms with Crippen LogP contribution >= 0.6 is 0 Å². The van der Waals surface area contributed by atoms with Gasteiger partial charge < -0.3 is 15.2 Å². The van der Waals surface area contributed by atoms with E-state index in [-0.39, 0.29) is 11.6 Å². The molecule has 1 aromatic carbocycles. The number of aromatic carboxylic acids is 1. The van der Waals surface area contributed by atoms with Crippen molar-refractivity contribution < 1.29 is 14.6 Å². The van der Waals surface area contributed by atoms with Crippen LogP contribution in [-0.2, 0) is 4.74 Å². The summed E-state index contributed by atoms with van der Waals surface area (Å²) in [7, 11) is 0. The minimum Gasteiger partial charge on any atom is -0.478 e. The maximum absolute atomic E-state index is 11.0. The van der Waals surface area contributed by atoms with Gasteiger partial charge in [0.05, 0.1) is 23.7 Å². The average molecular weight is 273 g/mol. The number of hydrogen-bond acceptors (Lipinski definition) is 5. The number of fused-ring (bicyclic) bond motifs is 1. The van der Waals surface area contributed by atoms with Crippen LogP contribution in [-0.4, -0.2) is 40.3 Å². The largest absolute Gasteiger partial charge is 0.478 e. The molecule has 1 saturated heterocycles. The number of carboxylic acid groups (broad SMARTS) is 1. The number of nitrogens with zero attached hydrogens (tertiary/aromatic N) is 2. The quantitative estimate of drug-likeness (QED) is 0.888. The van der Waals surface area contributed by atoms with Crippen molar-refractivity contribution in [3.63, 3.8) is 0 Å². The summed E-state index contributed by atoms with van der Waals surface area (Å²) in [5, 5.41) is 13.2. The molecule has 0 saturated carbocycles. The average Bonchev–Trinajstić information content (AvgIpc) is 2.48. The van der Waals surface area contributed by atoms with E-state index >= 15 is 0 Å². The number of carboxylic acids is 1. The molecule has 6 heteroatoms. The molecule has 0 spiro atoms. The molecule has 20 heavy (non-hydrogen) atoms. The van der Waals surface area contributed by atoms with Crippen LogP contribution in [0.15, 0.2) is 24.5 Å². The third-order valence-electron chi connectivity index (χ3n) is 3.38. The minimum atomic E-state index is -0.958. The number of ether oxygens (including phenoxy) is 1. The lowest BCUT2D eigenvalue weighted by molar-refractivity contribution is 0.0697. The summed E-state index contributed by atoms with van der Waals surface area (Å²) in [6.45, 7) is 1.48. The third-order valence-corrected chi connectivity index (χ3v) is 3.38. The molecular formula is C14H15N3O3. The molecule has 1 fully saturated rings. The Hall–Kier alpha value is -2.21. The van der Waals surface area contributed by atoms with Crippen molar-refractivity contribution in [2.45, 2.75) is 18.9 Å². The summed E-state index contributed by atoms with van der Waals surface area (Å²) in [5.74, 6) is -0.233. The van der Waals surface area contributed by atoms with Gasteiger partial charge in [-0.3, -0.25) is 0 Å². The Bertz CT molecular complexity index is 639. The highest BCUT2D eigenvalue weighted by molar-refractivity contribution is 5.96. The second-order valence-corrected chi connectivity index (χ2v) is 4.82. The number of hydrogen-bond donors (Lipinski definition) is 2. The van der Waals surface area contributed by atoms with Gasteiger partial charge in [0.1, 0.15) is 12.1 Å². The lowest BCUT2D eigenvalue weighted by Gasteiger charge is -2.24. The first-order chi connectivity index (χ1) is 9.74. The van der Waals surface area contributed by atoms with E-state index < -0.39 is 5.97 Å². The molecule has 0 aliphatic carbocycles. The molecule has 0 bridgehead atoms. The van der Waals surface area contributed by atoms with Crippen LogP contribution in [0.25, 0.3) is 10.9 Å². The molecule has 1 atom stereocenters. The van der Waals surface area contributed by atoms with Crippen molar-refractivity contribution in [2.24, 2.45) is 0 Å². The number of rotatable bonds is 3. The van der Waals surface area contributed by atoms with Gasteiger partial charge >= 0.3 is 5.97 Å². The molecule has 1 aliphatic heterocycles. The first kappa shape index (κ1) is 12.8. The Morgan fingerprint density at radius 2 is 2.30 bits per heavy atom. The zero-order chi connectivity index (χ0) is 13.9.